The standard InChI is InChI=1S/C14H14N6O/c15-7-8-19(12-5-6-12)14(21)9-11-1-3-13(4-2-11)20-10-16-17-18-20/h1-4,10,12H,5-6,8-9H2. The summed E-state index contributed by atoms with van der Waals surface area (Å²) in [7, 11) is 0. The van der Waals surface area contributed by atoms with Crippen molar-refractivity contribution in [2.75, 3.05) is 6.54 Å². The van der Waals surface area contributed by atoms with Crippen molar-refractivity contribution >= 4 is 5.91 Å². The molecule has 0 aliphatic heterocycles. The first-order valence-electron chi connectivity index (χ1n) is 6.76. The zero-order chi connectivity index (χ0) is 14.7. The van der Waals surface area contributed by atoms with Crippen molar-refractivity contribution in [2.45, 2.75) is 25.3 Å². The van der Waals surface area contributed by atoms with Gasteiger partial charge in [0.25, 0.3) is 0 Å². The minimum Gasteiger partial charge on any atom is -0.326 e. The summed E-state index contributed by atoms with van der Waals surface area (Å²) < 4.78 is 1.55. The minimum atomic E-state index is 0.00854. The van der Waals surface area contributed by atoms with Crippen molar-refractivity contribution in [1.82, 2.24) is 25.1 Å². The molecule has 1 heterocycles. The van der Waals surface area contributed by atoms with Crippen LogP contribution in [0.5, 0.6) is 0 Å². The number of amides is 1. The smallest absolute Gasteiger partial charge is 0.228 e. The molecule has 3 rings (SSSR count). The van der Waals surface area contributed by atoms with Gasteiger partial charge in [0.15, 0.2) is 0 Å². The zero-order valence-corrected chi connectivity index (χ0v) is 11.4. The number of tetrazole rings is 1. The van der Waals surface area contributed by atoms with E-state index in [1.807, 2.05) is 24.3 Å². The second kappa shape index (κ2) is 5.71. The van der Waals surface area contributed by atoms with Crippen molar-refractivity contribution in [3.05, 3.63) is 36.2 Å². The maximum absolute atomic E-state index is 12.2. The molecule has 1 saturated carbocycles. The third-order valence-electron chi connectivity index (χ3n) is 3.45. The predicted molar refractivity (Wildman–Crippen MR) is 73.2 cm³/mol. The van der Waals surface area contributed by atoms with E-state index < -0.39 is 0 Å². The Balaban J connectivity index is 1.67. The van der Waals surface area contributed by atoms with Crippen LogP contribution in [-0.2, 0) is 11.2 Å². The van der Waals surface area contributed by atoms with Crippen molar-refractivity contribution < 1.29 is 4.79 Å². The molecule has 0 unspecified atom stereocenters. The van der Waals surface area contributed by atoms with Crippen molar-refractivity contribution in [3.8, 4) is 11.8 Å². The van der Waals surface area contributed by atoms with E-state index in [-0.39, 0.29) is 18.5 Å². The van der Waals surface area contributed by atoms with Crippen LogP contribution in [0.15, 0.2) is 30.6 Å². The molecule has 1 aromatic carbocycles. The molecule has 1 aliphatic carbocycles. The number of aromatic nitrogens is 4. The first kappa shape index (κ1) is 13.2. The zero-order valence-electron chi connectivity index (χ0n) is 11.4. The average molecular weight is 282 g/mol. The highest BCUT2D eigenvalue weighted by Crippen LogP contribution is 2.27. The summed E-state index contributed by atoms with van der Waals surface area (Å²) in [6, 6.07) is 9.82. The molecule has 7 heteroatoms. The maximum atomic E-state index is 12.2. The van der Waals surface area contributed by atoms with E-state index in [0.29, 0.717) is 6.42 Å². The maximum Gasteiger partial charge on any atom is 0.228 e. The lowest BCUT2D eigenvalue weighted by Crippen LogP contribution is -2.34. The lowest BCUT2D eigenvalue weighted by Gasteiger charge is -2.18. The van der Waals surface area contributed by atoms with Gasteiger partial charge in [0.1, 0.15) is 12.9 Å². The van der Waals surface area contributed by atoms with Crippen LogP contribution in [0, 0.1) is 11.3 Å². The summed E-state index contributed by atoms with van der Waals surface area (Å²) in [4.78, 5) is 13.9. The molecule has 1 aliphatic rings. The van der Waals surface area contributed by atoms with E-state index in [1.54, 1.807) is 9.58 Å². The molecule has 2 aromatic rings. The van der Waals surface area contributed by atoms with Gasteiger partial charge in [-0.2, -0.15) is 5.26 Å². The van der Waals surface area contributed by atoms with Gasteiger partial charge in [-0.15, -0.1) is 5.10 Å². The summed E-state index contributed by atoms with van der Waals surface area (Å²) in [6.45, 7) is 0.173. The summed E-state index contributed by atoms with van der Waals surface area (Å²) in [5.41, 5.74) is 1.76. The Labute approximate surface area is 121 Å². The number of carbonyl (C=O) groups excluding carboxylic acids is 1. The molecule has 0 radical (unpaired) electrons. The third-order valence-corrected chi connectivity index (χ3v) is 3.45. The van der Waals surface area contributed by atoms with Crippen molar-refractivity contribution in [2.24, 2.45) is 0 Å². The van der Waals surface area contributed by atoms with Gasteiger partial charge in [-0.05, 0) is 41.0 Å². The van der Waals surface area contributed by atoms with E-state index in [2.05, 4.69) is 21.6 Å². The molecule has 106 valence electrons. The van der Waals surface area contributed by atoms with Crippen LogP contribution in [-0.4, -0.2) is 43.6 Å². The van der Waals surface area contributed by atoms with Crippen LogP contribution < -0.4 is 0 Å². The van der Waals surface area contributed by atoms with Gasteiger partial charge in [0.05, 0.1) is 18.2 Å². The van der Waals surface area contributed by atoms with E-state index in [1.165, 1.54) is 6.33 Å². The minimum absolute atomic E-state index is 0.00854. The Morgan fingerprint density at radius 3 is 2.71 bits per heavy atom. The van der Waals surface area contributed by atoms with Gasteiger partial charge >= 0.3 is 0 Å². The highest BCUT2D eigenvalue weighted by Gasteiger charge is 2.32. The van der Waals surface area contributed by atoms with Crippen LogP contribution in [0.1, 0.15) is 18.4 Å². The van der Waals surface area contributed by atoms with Crippen LogP contribution >= 0.6 is 0 Å². The van der Waals surface area contributed by atoms with Crippen molar-refractivity contribution in [3.63, 3.8) is 0 Å². The molecular formula is C14H14N6O. The molecule has 7 nitrogen and oxygen atoms in total. The molecule has 1 fully saturated rings. The van der Waals surface area contributed by atoms with Crippen LogP contribution in [0.4, 0.5) is 0 Å². The SMILES string of the molecule is N#CCN(C(=O)Cc1ccc(-n2cnnn2)cc1)C1CC1. The number of hydrogen-bond acceptors (Lipinski definition) is 5. The molecule has 0 saturated heterocycles. The topological polar surface area (TPSA) is 87.7 Å². The van der Waals surface area contributed by atoms with Gasteiger partial charge in [-0.1, -0.05) is 12.1 Å². The molecule has 21 heavy (non-hydrogen) atoms. The molecule has 0 bridgehead atoms. The summed E-state index contributed by atoms with van der Waals surface area (Å²) in [5.74, 6) is 0.00854. The highest BCUT2D eigenvalue weighted by molar-refractivity contribution is 5.79. The fourth-order valence-corrected chi connectivity index (χ4v) is 2.21. The van der Waals surface area contributed by atoms with Gasteiger partial charge in [0.2, 0.25) is 5.91 Å². The molecule has 1 aromatic heterocycles. The Bertz CT molecular complexity index is 654. The van der Waals surface area contributed by atoms with Gasteiger partial charge in [-0.3, -0.25) is 4.79 Å². The monoisotopic (exact) mass is 282 g/mol. The highest BCUT2D eigenvalue weighted by atomic mass is 16.2. The second-order valence-corrected chi connectivity index (χ2v) is 5.01. The number of benzene rings is 1. The number of carbonyl (C=O) groups is 1. The van der Waals surface area contributed by atoms with Crippen LogP contribution in [0.25, 0.3) is 5.69 Å². The summed E-state index contributed by atoms with van der Waals surface area (Å²) in [5, 5.41) is 19.8. The number of hydrogen-bond donors (Lipinski definition) is 0. The Morgan fingerprint density at radius 1 is 1.38 bits per heavy atom. The molecule has 0 spiro atoms. The van der Waals surface area contributed by atoms with Gasteiger partial charge in [-0.25, -0.2) is 4.68 Å². The number of rotatable bonds is 5. The lowest BCUT2D eigenvalue weighted by molar-refractivity contribution is -0.130. The summed E-state index contributed by atoms with van der Waals surface area (Å²) >= 11 is 0. The largest absolute Gasteiger partial charge is 0.326 e. The normalized spacial score (nSPS) is 13.7. The van der Waals surface area contributed by atoms with E-state index in [4.69, 9.17) is 5.26 Å². The van der Waals surface area contributed by atoms with Crippen LogP contribution in [0.2, 0.25) is 0 Å². The van der Waals surface area contributed by atoms with E-state index >= 15 is 0 Å². The van der Waals surface area contributed by atoms with E-state index in [0.717, 1.165) is 24.1 Å². The fourth-order valence-electron chi connectivity index (χ4n) is 2.21. The van der Waals surface area contributed by atoms with Crippen molar-refractivity contribution in [1.29, 1.82) is 5.26 Å². The summed E-state index contributed by atoms with van der Waals surface area (Å²) in [6.07, 6.45) is 3.84. The molecular weight excluding hydrogens is 268 g/mol. The Morgan fingerprint density at radius 2 is 2.14 bits per heavy atom. The molecule has 0 N–H and O–H groups in total. The third kappa shape index (κ3) is 3.05. The Hall–Kier alpha value is -2.75. The van der Waals surface area contributed by atoms with Gasteiger partial charge < -0.3 is 4.90 Å². The number of nitrogens with zero attached hydrogens (tertiary/aromatic N) is 6. The molecule has 0 atom stereocenters. The average Bonchev–Trinajstić information content (AvgIpc) is 3.19. The van der Waals surface area contributed by atoms with Crippen LogP contribution in [0.3, 0.4) is 0 Å². The quantitative estimate of drug-likeness (QED) is 0.754. The Kier molecular flexibility index (Phi) is 3.60. The fraction of sp³-hybridized carbons (Fsp3) is 0.357. The molecule has 1 amide bonds. The van der Waals surface area contributed by atoms with E-state index in [9.17, 15) is 4.79 Å². The second-order valence-electron chi connectivity index (χ2n) is 5.01. The first-order chi connectivity index (χ1) is 10.3. The first-order valence-corrected chi connectivity index (χ1v) is 6.76. The number of nitriles is 1. The predicted octanol–water partition coefficient (Wildman–Crippen LogP) is 0.719. The lowest BCUT2D eigenvalue weighted by atomic mass is 10.1. The van der Waals surface area contributed by atoms with Gasteiger partial charge in [0, 0.05) is 6.04 Å².